The zero-order valence-corrected chi connectivity index (χ0v) is 6.60. The fourth-order valence-corrected chi connectivity index (χ4v) is 2.91. The number of rotatable bonds is 0. The summed E-state index contributed by atoms with van der Waals surface area (Å²) in [5, 5.41) is 9.71. The van der Waals surface area contributed by atoms with Crippen LogP contribution in [-0.4, -0.2) is 47.4 Å². The number of hydrogen-bond acceptors (Lipinski definition) is 3. The van der Waals surface area contributed by atoms with E-state index in [1.54, 1.807) is 0 Å². The fraction of sp³-hybridized carbons (Fsp3) is 1.00. The van der Waals surface area contributed by atoms with Crippen LogP contribution in [0, 0.1) is 0 Å². The first kappa shape index (κ1) is 6.40. The quantitative estimate of drug-likeness (QED) is 0.516. The van der Waals surface area contributed by atoms with E-state index in [0.717, 1.165) is 12.8 Å². The Morgan fingerprint density at radius 3 is 2.73 bits per heavy atom. The molecule has 0 amide bonds. The van der Waals surface area contributed by atoms with Gasteiger partial charge in [0.25, 0.3) is 0 Å². The van der Waals surface area contributed by atoms with Crippen LogP contribution in [0.4, 0.5) is 0 Å². The average molecular weight is 155 g/mol. The molecule has 4 rings (SSSR count). The van der Waals surface area contributed by atoms with Crippen LogP contribution >= 0.6 is 0 Å². The Kier molecular flexibility index (Phi) is 1.04. The largest absolute Gasteiger partial charge is 0.389 e. The predicted molar refractivity (Wildman–Crippen MR) is 39.2 cm³/mol. The maximum absolute atomic E-state index is 9.71. The molecule has 0 aromatic heterocycles. The van der Waals surface area contributed by atoms with Crippen LogP contribution < -0.4 is 0 Å². The molecule has 5 atom stereocenters. The smallest absolute Gasteiger partial charge is 0.101 e. The Hall–Kier alpha value is -0.120. The molecule has 4 bridgehead atoms. The zero-order valence-electron chi connectivity index (χ0n) is 6.60. The van der Waals surface area contributed by atoms with E-state index in [0.29, 0.717) is 18.2 Å². The van der Waals surface area contributed by atoms with Gasteiger partial charge in [-0.05, 0) is 19.9 Å². The molecule has 11 heavy (non-hydrogen) atoms. The SMILES string of the molecule is CN1[C@@H]2C[C@@H]3C[C@@H]1[C@H](O3)[C@@H]2O. The van der Waals surface area contributed by atoms with Gasteiger partial charge >= 0.3 is 0 Å². The first-order valence-corrected chi connectivity index (χ1v) is 4.33. The summed E-state index contributed by atoms with van der Waals surface area (Å²) in [6, 6.07) is 0.895. The molecule has 4 fully saturated rings. The van der Waals surface area contributed by atoms with Gasteiger partial charge in [-0.25, -0.2) is 0 Å². The lowest BCUT2D eigenvalue weighted by Crippen LogP contribution is -2.44. The summed E-state index contributed by atoms with van der Waals surface area (Å²) in [5.74, 6) is 0. The number of hydrogen-bond donors (Lipinski definition) is 1. The van der Waals surface area contributed by atoms with Crippen molar-refractivity contribution < 1.29 is 9.84 Å². The summed E-state index contributed by atoms with van der Waals surface area (Å²) < 4.78 is 5.64. The number of ether oxygens (including phenoxy) is 1. The van der Waals surface area contributed by atoms with Crippen molar-refractivity contribution in [3.8, 4) is 0 Å². The Morgan fingerprint density at radius 2 is 2.09 bits per heavy atom. The average Bonchev–Trinajstić information content (AvgIpc) is 2.39. The molecular weight excluding hydrogens is 142 g/mol. The van der Waals surface area contributed by atoms with E-state index < -0.39 is 0 Å². The van der Waals surface area contributed by atoms with Crippen LogP contribution in [0.25, 0.3) is 0 Å². The third-order valence-electron chi connectivity index (χ3n) is 3.51. The highest BCUT2D eigenvalue weighted by molar-refractivity contribution is 5.10. The molecule has 0 aromatic rings. The zero-order chi connectivity index (χ0) is 7.59. The lowest BCUT2D eigenvalue weighted by Gasteiger charge is -2.33. The minimum Gasteiger partial charge on any atom is -0.389 e. The fourth-order valence-electron chi connectivity index (χ4n) is 2.91. The van der Waals surface area contributed by atoms with Gasteiger partial charge in [-0.15, -0.1) is 0 Å². The second kappa shape index (κ2) is 1.79. The normalized spacial score (nSPS) is 61.1. The molecule has 0 saturated carbocycles. The molecular formula is C8H13NO2. The first-order valence-electron chi connectivity index (χ1n) is 4.33. The molecule has 1 N–H and O–H groups in total. The number of piperidine rings is 1. The highest BCUT2D eigenvalue weighted by atomic mass is 16.5. The molecule has 0 spiro atoms. The second-order valence-corrected chi connectivity index (χ2v) is 3.98. The molecule has 3 nitrogen and oxygen atoms in total. The van der Waals surface area contributed by atoms with Crippen molar-refractivity contribution in [3.63, 3.8) is 0 Å². The van der Waals surface area contributed by atoms with Crippen molar-refractivity contribution in [2.45, 2.75) is 43.2 Å². The summed E-state index contributed by atoms with van der Waals surface area (Å²) >= 11 is 0. The highest BCUT2D eigenvalue weighted by Gasteiger charge is 2.57. The van der Waals surface area contributed by atoms with Crippen molar-refractivity contribution >= 4 is 0 Å². The van der Waals surface area contributed by atoms with Crippen LogP contribution in [0.5, 0.6) is 0 Å². The van der Waals surface area contributed by atoms with Gasteiger partial charge in [0.2, 0.25) is 0 Å². The molecule has 4 heterocycles. The number of nitrogens with zero attached hydrogens (tertiary/aromatic N) is 1. The van der Waals surface area contributed by atoms with Gasteiger partial charge < -0.3 is 9.84 Å². The lowest BCUT2D eigenvalue weighted by atomic mass is 10.0. The maximum atomic E-state index is 9.71. The van der Waals surface area contributed by atoms with E-state index >= 15 is 0 Å². The molecule has 4 aliphatic heterocycles. The van der Waals surface area contributed by atoms with Gasteiger partial charge in [0, 0.05) is 12.1 Å². The minimum atomic E-state index is -0.219. The highest BCUT2D eigenvalue weighted by Crippen LogP contribution is 2.44. The van der Waals surface area contributed by atoms with Crippen LogP contribution in [0.2, 0.25) is 0 Å². The minimum absolute atomic E-state index is 0.128. The molecule has 0 aliphatic carbocycles. The van der Waals surface area contributed by atoms with Crippen molar-refractivity contribution in [3.05, 3.63) is 0 Å². The maximum Gasteiger partial charge on any atom is 0.101 e. The van der Waals surface area contributed by atoms with E-state index in [9.17, 15) is 5.11 Å². The Morgan fingerprint density at radius 1 is 1.36 bits per heavy atom. The Labute approximate surface area is 65.9 Å². The van der Waals surface area contributed by atoms with E-state index in [-0.39, 0.29) is 12.2 Å². The Bertz CT molecular complexity index is 175. The Balaban J connectivity index is 2.00. The van der Waals surface area contributed by atoms with E-state index in [1.807, 2.05) is 0 Å². The third-order valence-corrected chi connectivity index (χ3v) is 3.51. The molecule has 0 unspecified atom stereocenters. The van der Waals surface area contributed by atoms with E-state index in [2.05, 4.69) is 11.9 Å². The van der Waals surface area contributed by atoms with Gasteiger partial charge in [-0.1, -0.05) is 0 Å². The second-order valence-electron chi connectivity index (χ2n) is 3.98. The molecule has 62 valence electrons. The molecule has 3 heteroatoms. The molecule has 0 aromatic carbocycles. The summed E-state index contributed by atoms with van der Waals surface area (Å²) in [5.41, 5.74) is 0. The third kappa shape index (κ3) is 0.604. The van der Waals surface area contributed by atoms with E-state index in [1.165, 1.54) is 0 Å². The van der Waals surface area contributed by atoms with Crippen LogP contribution in [0.3, 0.4) is 0 Å². The standard InChI is InChI=1S/C8H13NO2/c1-9-5-2-4-3-6(9)8(11-4)7(5)10/h4-8,10H,2-3H2,1H3/t4-,5-,6-,7-,8+/m1/s1. The number of likely N-dealkylation sites (N-methyl/N-ethyl adjacent to an activating group) is 1. The van der Waals surface area contributed by atoms with Crippen LogP contribution in [0.15, 0.2) is 0 Å². The lowest BCUT2D eigenvalue weighted by molar-refractivity contribution is -0.0758. The van der Waals surface area contributed by atoms with Crippen LogP contribution in [-0.2, 0) is 4.74 Å². The van der Waals surface area contributed by atoms with E-state index in [4.69, 9.17) is 4.74 Å². The topological polar surface area (TPSA) is 32.7 Å². The predicted octanol–water partition coefficient (Wildman–Crippen LogP) is -0.409. The molecule has 0 radical (unpaired) electrons. The summed E-state index contributed by atoms with van der Waals surface area (Å²) in [6.07, 6.45) is 2.53. The van der Waals surface area contributed by atoms with Gasteiger partial charge in [-0.2, -0.15) is 0 Å². The van der Waals surface area contributed by atoms with Crippen molar-refractivity contribution in [2.24, 2.45) is 0 Å². The first-order chi connectivity index (χ1) is 5.27. The van der Waals surface area contributed by atoms with Crippen molar-refractivity contribution in [1.82, 2.24) is 4.90 Å². The van der Waals surface area contributed by atoms with Gasteiger partial charge in [0.15, 0.2) is 0 Å². The van der Waals surface area contributed by atoms with Crippen molar-refractivity contribution in [1.29, 1.82) is 0 Å². The number of aliphatic hydroxyl groups is 1. The number of aliphatic hydroxyl groups excluding tert-OH is 1. The van der Waals surface area contributed by atoms with Gasteiger partial charge in [0.05, 0.1) is 12.2 Å². The van der Waals surface area contributed by atoms with Crippen molar-refractivity contribution in [2.75, 3.05) is 7.05 Å². The van der Waals surface area contributed by atoms with Crippen LogP contribution in [0.1, 0.15) is 12.8 Å². The molecule has 4 aliphatic rings. The monoisotopic (exact) mass is 155 g/mol. The summed E-state index contributed by atoms with van der Waals surface area (Å²) in [4.78, 5) is 2.29. The van der Waals surface area contributed by atoms with Gasteiger partial charge in [-0.3, -0.25) is 4.90 Å². The summed E-state index contributed by atoms with van der Waals surface area (Å²) in [7, 11) is 2.10. The summed E-state index contributed by atoms with van der Waals surface area (Å²) in [6.45, 7) is 0. The van der Waals surface area contributed by atoms with Gasteiger partial charge in [0.1, 0.15) is 6.10 Å². The molecule has 4 saturated heterocycles.